The third kappa shape index (κ3) is 3.73. The molecule has 0 aromatic heterocycles. The van der Waals surface area contributed by atoms with Crippen LogP contribution >= 0.6 is 34.2 Å². The second-order valence-electron chi connectivity index (χ2n) is 5.31. The van der Waals surface area contributed by atoms with E-state index in [2.05, 4.69) is 27.9 Å². The van der Waals surface area contributed by atoms with Crippen molar-refractivity contribution in [2.75, 3.05) is 4.90 Å². The van der Waals surface area contributed by atoms with Gasteiger partial charge in [-0.25, -0.2) is 4.90 Å². The zero-order valence-electron chi connectivity index (χ0n) is 12.1. The summed E-state index contributed by atoms with van der Waals surface area (Å²) in [5, 5.41) is 3.82. The lowest BCUT2D eigenvalue weighted by Crippen LogP contribution is -2.38. The maximum absolute atomic E-state index is 12.5. The summed E-state index contributed by atoms with van der Waals surface area (Å²) in [7, 11) is 0. The van der Waals surface area contributed by atoms with E-state index in [1.165, 1.54) is 4.90 Å². The quantitative estimate of drug-likeness (QED) is 0.586. The normalized spacial score (nSPS) is 17.8. The Hall–Kier alpha value is -1.44. The lowest BCUT2D eigenvalue weighted by molar-refractivity contribution is -0.121. The van der Waals surface area contributed by atoms with Crippen molar-refractivity contribution in [2.45, 2.75) is 19.0 Å². The molecule has 1 fully saturated rings. The Kier molecular flexibility index (Phi) is 4.99. The molecule has 1 atom stereocenters. The van der Waals surface area contributed by atoms with Crippen LogP contribution in [0.25, 0.3) is 0 Å². The van der Waals surface area contributed by atoms with Crippen LogP contribution in [0.15, 0.2) is 48.5 Å². The van der Waals surface area contributed by atoms with Gasteiger partial charge in [0.05, 0.1) is 18.2 Å². The van der Waals surface area contributed by atoms with Crippen LogP contribution in [0.4, 0.5) is 5.69 Å². The molecule has 0 unspecified atom stereocenters. The summed E-state index contributed by atoms with van der Waals surface area (Å²) in [6, 6.07) is 14.3. The smallest absolute Gasteiger partial charge is 0.251 e. The third-order valence-corrected chi connectivity index (χ3v) is 4.67. The van der Waals surface area contributed by atoms with Gasteiger partial charge in [0.1, 0.15) is 0 Å². The summed E-state index contributed by atoms with van der Waals surface area (Å²) in [6.07, 6.45) is 0.179. The van der Waals surface area contributed by atoms with E-state index in [1.807, 2.05) is 24.3 Å². The molecule has 1 heterocycles. The Morgan fingerprint density at radius 3 is 2.39 bits per heavy atom. The number of halogens is 2. The van der Waals surface area contributed by atoms with E-state index in [1.54, 1.807) is 24.3 Å². The zero-order valence-corrected chi connectivity index (χ0v) is 15.0. The molecule has 1 saturated heterocycles. The van der Waals surface area contributed by atoms with Crippen molar-refractivity contribution in [3.63, 3.8) is 0 Å². The van der Waals surface area contributed by atoms with Gasteiger partial charge in [0.15, 0.2) is 0 Å². The average molecular weight is 441 g/mol. The summed E-state index contributed by atoms with van der Waals surface area (Å²) in [5.41, 5.74) is 1.64. The number of hydrogen-bond donors (Lipinski definition) is 1. The van der Waals surface area contributed by atoms with E-state index < -0.39 is 6.04 Å². The molecule has 2 aromatic carbocycles. The van der Waals surface area contributed by atoms with Gasteiger partial charge in [-0.2, -0.15) is 0 Å². The molecule has 0 bridgehead atoms. The highest BCUT2D eigenvalue weighted by Crippen LogP contribution is 2.24. The molecule has 4 nitrogen and oxygen atoms in total. The molecule has 1 aliphatic rings. The van der Waals surface area contributed by atoms with Crippen molar-refractivity contribution in [1.82, 2.24) is 5.32 Å². The van der Waals surface area contributed by atoms with E-state index in [0.717, 1.165) is 9.13 Å². The fourth-order valence-corrected chi connectivity index (χ4v) is 2.98. The Bertz CT molecular complexity index is 731. The van der Waals surface area contributed by atoms with Crippen molar-refractivity contribution in [2.24, 2.45) is 0 Å². The minimum atomic E-state index is -0.488. The van der Waals surface area contributed by atoms with Crippen molar-refractivity contribution >= 4 is 51.7 Å². The van der Waals surface area contributed by atoms with Gasteiger partial charge in [-0.05, 0) is 64.6 Å². The predicted octanol–water partition coefficient (Wildman–Crippen LogP) is 3.37. The molecule has 1 aliphatic heterocycles. The lowest BCUT2D eigenvalue weighted by Gasteiger charge is -2.15. The van der Waals surface area contributed by atoms with E-state index in [0.29, 0.717) is 17.3 Å². The van der Waals surface area contributed by atoms with Crippen LogP contribution in [0.5, 0.6) is 0 Å². The first-order valence-electron chi connectivity index (χ1n) is 7.15. The molecule has 23 heavy (non-hydrogen) atoms. The number of hydrogen-bond acceptors (Lipinski definition) is 3. The van der Waals surface area contributed by atoms with Crippen molar-refractivity contribution in [3.8, 4) is 0 Å². The standard InChI is InChI=1S/C17H14ClIN2O2/c18-12-3-1-11(2-4-12)10-20-15-9-16(22)21(17(15)23)14-7-5-13(19)6-8-14/h1-8,15,20H,9-10H2/t15-/m1/s1. The number of carbonyl (C=O) groups excluding carboxylic acids is 2. The average Bonchev–Trinajstić information content (AvgIpc) is 2.82. The number of benzene rings is 2. The lowest BCUT2D eigenvalue weighted by atomic mass is 10.2. The second-order valence-corrected chi connectivity index (χ2v) is 6.99. The first-order valence-corrected chi connectivity index (χ1v) is 8.60. The fraction of sp³-hybridized carbons (Fsp3) is 0.176. The second kappa shape index (κ2) is 6.98. The highest BCUT2D eigenvalue weighted by Gasteiger charge is 2.39. The van der Waals surface area contributed by atoms with Crippen LogP contribution in [0, 0.1) is 3.57 Å². The molecular formula is C17H14ClIN2O2. The van der Waals surface area contributed by atoms with Crippen LogP contribution in [0.2, 0.25) is 5.02 Å². The Labute approximate surface area is 153 Å². The number of rotatable bonds is 4. The highest BCUT2D eigenvalue weighted by molar-refractivity contribution is 14.1. The SMILES string of the molecule is O=C1C[C@@H](NCc2ccc(Cl)cc2)C(=O)N1c1ccc(I)cc1. The number of nitrogens with one attached hydrogen (secondary N) is 1. The summed E-state index contributed by atoms with van der Waals surface area (Å²) in [4.78, 5) is 25.9. The van der Waals surface area contributed by atoms with Gasteiger partial charge in [-0.3, -0.25) is 9.59 Å². The van der Waals surface area contributed by atoms with E-state index in [9.17, 15) is 9.59 Å². The molecule has 1 N–H and O–H groups in total. The molecule has 6 heteroatoms. The Morgan fingerprint density at radius 2 is 1.74 bits per heavy atom. The van der Waals surface area contributed by atoms with E-state index in [4.69, 9.17) is 11.6 Å². The monoisotopic (exact) mass is 440 g/mol. The van der Waals surface area contributed by atoms with Crippen LogP contribution in [-0.2, 0) is 16.1 Å². The highest BCUT2D eigenvalue weighted by atomic mass is 127. The number of carbonyl (C=O) groups is 2. The summed E-state index contributed by atoms with van der Waals surface area (Å²) >= 11 is 8.04. The molecular weight excluding hydrogens is 427 g/mol. The van der Waals surface area contributed by atoms with Crippen LogP contribution in [0.3, 0.4) is 0 Å². The van der Waals surface area contributed by atoms with E-state index >= 15 is 0 Å². The molecule has 0 radical (unpaired) electrons. The summed E-state index contributed by atoms with van der Waals surface area (Å²) in [6.45, 7) is 0.515. The molecule has 0 spiro atoms. The molecule has 2 amide bonds. The third-order valence-electron chi connectivity index (χ3n) is 3.70. The number of imide groups is 1. The topological polar surface area (TPSA) is 49.4 Å². The van der Waals surface area contributed by atoms with Crippen molar-refractivity contribution < 1.29 is 9.59 Å². The summed E-state index contributed by atoms with van der Waals surface area (Å²) < 4.78 is 1.06. The molecule has 0 saturated carbocycles. The van der Waals surface area contributed by atoms with Gasteiger partial charge in [0.25, 0.3) is 5.91 Å². The summed E-state index contributed by atoms with van der Waals surface area (Å²) in [5.74, 6) is -0.380. The Morgan fingerprint density at radius 1 is 1.09 bits per heavy atom. The van der Waals surface area contributed by atoms with Gasteiger partial charge in [-0.1, -0.05) is 23.7 Å². The number of anilines is 1. The van der Waals surface area contributed by atoms with Gasteiger partial charge in [0, 0.05) is 15.1 Å². The van der Waals surface area contributed by atoms with Gasteiger partial charge in [0.2, 0.25) is 5.91 Å². The van der Waals surface area contributed by atoms with Crippen LogP contribution in [0.1, 0.15) is 12.0 Å². The molecule has 3 rings (SSSR count). The van der Waals surface area contributed by atoms with Crippen molar-refractivity contribution in [3.05, 3.63) is 62.7 Å². The van der Waals surface area contributed by atoms with Crippen LogP contribution < -0.4 is 10.2 Å². The largest absolute Gasteiger partial charge is 0.301 e. The molecule has 0 aliphatic carbocycles. The Balaban J connectivity index is 1.68. The van der Waals surface area contributed by atoms with Crippen LogP contribution in [-0.4, -0.2) is 17.9 Å². The van der Waals surface area contributed by atoms with Gasteiger partial charge in [-0.15, -0.1) is 0 Å². The predicted molar refractivity (Wildman–Crippen MR) is 98.3 cm³/mol. The number of amides is 2. The van der Waals surface area contributed by atoms with Gasteiger partial charge < -0.3 is 5.32 Å². The van der Waals surface area contributed by atoms with Gasteiger partial charge >= 0.3 is 0 Å². The van der Waals surface area contributed by atoms with E-state index in [-0.39, 0.29) is 18.2 Å². The van der Waals surface area contributed by atoms with Crippen molar-refractivity contribution in [1.29, 1.82) is 0 Å². The fourth-order valence-electron chi connectivity index (χ4n) is 2.50. The first kappa shape index (κ1) is 16.4. The zero-order chi connectivity index (χ0) is 16.4. The molecule has 2 aromatic rings. The first-order chi connectivity index (χ1) is 11.0. The minimum absolute atomic E-state index is 0.176. The number of nitrogens with zero attached hydrogens (tertiary/aromatic N) is 1. The maximum atomic E-state index is 12.5. The maximum Gasteiger partial charge on any atom is 0.251 e. The molecule has 118 valence electrons. The minimum Gasteiger partial charge on any atom is -0.301 e.